The maximum absolute atomic E-state index is 3.75. The van der Waals surface area contributed by atoms with Crippen molar-refractivity contribution in [2.24, 2.45) is 0 Å². The van der Waals surface area contributed by atoms with Crippen molar-refractivity contribution in [3.63, 3.8) is 0 Å². The minimum Gasteiger partial charge on any atom is -0.398 e. The fourth-order valence-electron chi connectivity index (χ4n) is 1.60. The van der Waals surface area contributed by atoms with E-state index in [4.69, 9.17) is 0 Å². The first-order chi connectivity index (χ1) is 7.92. The minimum absolute atomic E-state index is 0. The van der Waals surface area contributed by atoms with Crippen LogP contribution in [0, 0.1) is 6.54 Å². The Morgan fingerprint density at radius 1 is 0.824 bits per heavy atom. The molecule has 0 atom stereocenters. The summed E-state index contributed by atoms with van der Waals surface area (Å²) < 4.78 is 0. The number of hydrogen-bond donors (Lipinski definition) is 0. The topological polar surface area (TPSA) is 3.24 Å². The normalized spacial score (nSPS) is 8.94. The summed E-state index contributed by atoms with van der Waals surface area (Å²) in [6.07, 6.45) is 1.79. The van der Waals surface area contributed by atoms with Crippen molar-refractivity contribution in [2.75, 3.05) is 4.90 Å². The van der Waals surface area contributed by atoms with Gasteiger partial charge in [-0.25, -0.2) is 12.7 Å². The Kier molecular flexibility index (Phi) is 5.49. The van der Waals surface area contributed by atoms with Crippen LogP contribution in [0.2, 0.25) is 0 Å². The third kappa shape index (κ3) is 3.46. The summed E-state index contributed by atoms with van der Waals surface area (Å²) in [6.45, 7) is 5.72. The Hall–Kier alpha value is -1.55. The third-order valence-electron chi connectivity index (χ3n) is 2.32. The predicted octanol–water partition coefficient (Wildman–Crippen LogP) is 1.18. The van der Waals surface area contributed by atoms with Gasteiger partial charge in [0.2, 0.25) is 0 Å². The van der Waals surface area contributed by atoms with Crippen LogP contribution in [0.4, 0.5) is 11.4 Å². The van der Waals surface area contributed by atoms with Crippen LogP contribution in [0.25, 0.3) is 0 Å². The molecule has 0 aromatic heterocycles. The van der Waals surface area contributed by atoms with E-state index < -0.39 is 0 Å². The van der Waals surface area contributed by atoms with Crippen LogP contribution in [-0.2, 0) is 0 Å². The molecule has 2 aromatic rings. The van der Waals surface area contributed by atoms with Crippen molar-refractivity contribution in [3.8, 4) is 0 Å². The predicted molar refractivity (Wildman–Crippen MR) is 69.5 cm³/mol. The van der Waals surface area contributed by atoms with Gasteiger partial charge in [-0.3, -0.25) is 0 Å². The smallest absolute Gasteiger partial charge is 0.398 e. The molecule has 0 spiro atoms. The number of benzene rings is 2. The van der Waals surface area contributed by atoms with Gasteiger partial charge in [0.25, 0.3) is 0 Å². The zero-order valence-electron chi connectivity index (χ0n) is 10.1. The summed E-state index contributed by atoms with van der Waals surface area (Å²) >= 11 is 0. The molecule has 0 aliphatic rings. The molecule has 0 saturated carbocycles. The molecule has 0 heterocycles. The van der Waals surface area contributed by atoms with E-state index in [0.29, 0.717) is 0 Å². The molecule has 0 saturated heterocycles. The summed E-state index contributed by atoms with van der Waals surface area (Å²) in [5.74, 6) is 0. The van der Waals surface area contributed by atoms with Crippen LogP contribution >= 0.6 is 0 Å². The number of para-hydroxylation sites is 2. The standard InChI is InChI=1S/C15H14N.Li/c1-2-13-16(14-9-5-3-6-10-14)15-11-7-4-8-12-15;/h2-13H,1H2;/q-1;+1. The SMILES string of the molecule is C=C[CH-]N(c1ccccc1)c1ccccc1.[Li+]. The molecule has 2 heteroatoms. The molecule has 0 amide bonds. The van der Waals surface area contributed by atoms with E-state index >= 15 is 0 Å². The van der Waals surface area contributed by atoms with Crippen molar-refractivity contribution >= 4 is 11.4 Å². The van der Waals surface area contributed by atoms with E-state index in [0.717, 1.165) is 11.4 Å². The number of nitrogens with zero attached hydrogens (tertiary/aromatic N) is 1. The molecule has 2 rings (SSSR count). The van der Waals surface area contributed by atoms with Crippen molar-refractivity contribution in [2.45, 2.75) is 0 Å². The zero-order valence-corrected chi connectivity index (χ0v) is 10.1. The molecule has 0 aliphatic carbocycles. The van der Waals surface area contributed by atoms with E-state index in [9.17, 15) is 0 Å². The Morgan fingerprint density at radius 3 is 1.59 bits per heavy atom. The first kappa shape index (κ1) is 13.5. The van der Waals surface area contributed by atoms with Crippen LogP contribution in [0.3, 0.4) is 0 Å². The van der Waals surface area contributed by atoms with Gasteiger partial charge in [-0.2, -0.15) is 0 Å². The number of hydrogen-bond acceptors (Lipinski definition) is 1. The molecule has 2 aromatic carbocycles. The van der Waals surface area contributed by atoms with Gasteiger partial charge in [0.1, 0.15) is 0 Å². The molecular formula is C15H14LiN. The van der Waals surface area contributed by atoms with E-state index in [2.05, 4.69) is 35.7 Å². The molecule has 0 unspecified atom stereocenters. The van der Waals surface area contributed by atoms with E-state index in [1.807, 2.05) is 42.9 Å². The summed E-state index contributed by atoms with van der Waals surface area (Å²) in [5.41, 5.74) is 2.27. The van der Waals surface area contributed by atoms with Gasteiger partial charge in [0.05, 0.1) is 0 Å². The van der Waals surface area contributed by atoms with Gasteiger partial charge in [-0.1, -0.05) is 36.4 Å². The maximum Gasteiger partial charge on any atom is 1.00 e. The van der Waals surface area contributed by atoms with E-state index in [-0.39, 0.29) is 18.9 Å². The van der Waals surface area contributed by atoms with Gasteiger partial charge in [0, 0.05) is 11.4 Å². The second-order valence-corrected chi connectivity index (χ2v) is 3.43. The van der Waals surface area contributed by atoms with E-state index in [1.54, 1.807) is 6.08 Å². The van der Waals surface area contributed by atoms with Crippen molar-refractivity contribution < 1.29 is 18.9 Å². The van der Waals surface area contributed by atoms with Gasteiger partial charge >= 0.3 is 18.9 Å². The summed E-state index contributed by atoms with van der Waals surface area (Å²) in [7, 11) is 0. The molecule has 80 valence electrons. The summed E-state index contributed by atoms with van der Waals surface area (Å²) in [4.78, 5) is 2.10. The second kappa shape index (κ2) is 6.91. The average Bonchev–Trinajstić information content (AvgIpc) is 2.38. The molecule has 0 aliphatic heterocycles. The summed E-state index contributed by atoms with van der Waals surface area (Å²) in [5, 5.41) is 0. The molecule has 0 radical (unpaired) electrons. The Labute approximate surface area is 115 Å². The van der Waals surface area contributed by atoms with Crippen LogP contribution in [0.15, 0.2) is 73.3 Å². The van der Waals surface area contributed by atoms with Gasteiger partial charge in [-0.05, 0) is 24.3 Å². The van der Waals surface area contributed by atoms with Gasteiger partial charge in [0.15, 0.2) is 0 Å². The number of rotatable bonds is 4. The molecule has 0 bridgehead atoms. The van der Waals surface area contributed by atoms with Crippen molar-refractivity contribution in [3.05, 3.63) is 79.9 Å². The minimum atomic E-state index is 0. The van der Waals surface area contributed by atoms with Crippen molar-refractivity contribution in [1.82, 2.24) is 0 Å². The van der Waals surface area contributed by atoms with Gasteiger partial charge < -0.3 is 4.90 Å². The second-order valence-electron chi connectivity index (χ2n) is 3.43. The zero-order chi connectivity index (χ0) is 11.2. The first-order valence-corrected chi connectivity index (χ1v) is 5.27. The van der Waals surface area contributed by atoms with Gasteiger partial charge in [-0.15, -0.1) is 6.54 Å². The first-order valence-electron chi connectivity index (χ1n) is 5.27. The summed E-state index contributed by atoms with van der Waals surface area (Å²) in [6, 6.07) is 20.5. The fourth-order valence-corrected chi connectivity index (χ4v) is 1.60. The molecule has 17 heavy (non-hydrogen) atoms. The third-order valence-corrected chi connectivity index (χ3v) is 2.32. The largest absolute Gasteiger partial charge is 1.00 e. The Balaban J connectivity index is 0.00000144. The van der Waals surface area contributed by atoms with E-state index in [1.165, 1.54) is 0 Å². The maximum atomic E-state index is 3.75. The average molecular weight is 215 g/mol. The molecule has 0 N–H and O–H groups in total. The van der Waals surface area contributed by atoms with Crippen LogP contribution in [0.1, 0.15) is 0 Å². The van der Waals surface area contributed by atoms with Crippen molar-refractivity contribution in [1.29, 1.82) is 0 Å². The molecule has 1 nitrogen and oxygen atoms in total. The monoisotopic (exact) mass is 215 g/mol. The quantitative estimate of drug-likeness (QED) is 0.546. The van der Waals surface area contributed by atoms with Crippen LogP contribution < -0.4 is 23.8 Å². The molecular weight excluding hydrogens is 201 g/mol. The fraction of sp³-hybridized carbons (Fsp3) is 0. The molecule has 0 fully saturated rings. The van der Waals surface area contributed by atoms with Crippen LogP contribution in [0.5, 0.6) is 0 Å². The Bertz CT molecular complexity index is 399. The van der Waals surface area contributed by atoms with Crippen LogP contribution in [-0.4, -0.2) is 0 Å². The number of anilines is 2. The Morgan fingerprint density at radius 2 is 1.24 bits per heavy atom.